The van der Waals surface area contributed by atoms with E-state index in [1.54, 1.807) is 12.1 Å². The van der Waals surface area contributed by atoms with E-state index in [1.807, 2.05) is 32.0 Å². The van der Waals surface area contributed by atoms with Crippen LogP contribution in [0.4, 0.5) is 11.5 Å². The van der Waals surface area contributed by atoms with Crippen molar-refractivity contribution in [2.75, 3.05) is 23.7 Å². The number of amides is 1. The first-order chi connectivity index (χ1) is 11.5. The van der Waals surface area contributed by atoms with Crippen LogP contribution in [0.1, 0.15) is 34.7 Å². The molecule has 0 atom stereocenters. The van der Waals surface area contributed by atoms with Gasteiger partial charge in [-0.2, -0.15) is 0 Å². The monoisotopic (exact) mass is 325 g/mol. The Hall–Kier alpha value is -2.63. The molecular weight excluding hydrogens is 302 g/mol. The van der Waals surface area contributed by atoms with Crippen LogP contribution in [0.25, 0.3) is 0 Å². The molecule has 0 saturated carbocycles. The predicted molar refractivity (Wildman–Crippen MR) is 95.1 cm³/mol. The lowest BCUT2D eigenvalue weighted by Crippen LogP contribution is -2.45. The zero-order valence-corrected chi connectivity index (χ0v) is 14.1. The summed E-state index contributed by atoms with van der Waals surface area (Å²) in [5.41, 5.74) is 7.91. The molecule has 126 valence electrons. The van der Waals surface area contributed by atoms with Gasteiger partial charge in [0.05, 0.1) is 5.56 Å². The third-order valence-corrected chi connectivity index (χ3v) is 4.31. The van der Waals surface area contributed by atoms with Gasteiger partial charge in [0, 0.05) is 36.6 Å². The summed E-state index contributed by atoms with van der Waals surface area (Å²) in [7, 11) is 0. The molecule has 0 aliphatic carbocycles. The summed E-state index contributed by atoms with van der Waals surface area (Å²) in [6, 6.07) is 9.33. The molecule has 2 heterocycles. The number of aryl methyl sites for hydroxylation is 2. The fourth-order valence-electron chi connectivity index (χ4n) is 3.08. The first-order valence-corrected chi connectivity index (χ1v) is 8.25. The summed E-state index contributed by atoms with van der Waals surface area (Å²) < 4.78 is 0. The molecule has 1 aliphatic heterocycles. The Balaban J connectivity index is 1.59. The summed E-state index contributed by atoms with van der Waals surface area (Å²) in [5.74, 6) is 1.66. The van der Waals surface area contributed by atoms with Crippen LogP contribution in [0.15, 0.2) is 30.3 Å². The van der Waals surface area contributed by atoms with Crippen molar-refractivity contribution in [1.82, 2.24) is 15.3 Å². The maximum absolute atomic E-state index is 12.3. The number of nitrogen functional groups attached to an aromatic ring is 1. The lowest BCUT2D eigenvalue weighted by molar-refractivity contribution is 0.0932. The first-order valence-electron chi connectivity index (χ1n) is 8.25. The second-order valence-electron chi connectivity index (χ2n) is 6.24. The molecule has 3 rings (SSSR count). The molecule has 6 nitrogen and oxygen atoms in total. The zero-order valence-electron chi connectivity index (χ0n) is 14.1. The molecule has 24 heavy (non-hydrogen) atoms. The Kier molecular flexibility index (Phi) is 4.64. The average molecular weight is 325 g/mol. The molecule has 0 bridgehead atoms. The highest BCUT2D eigenvalue weighted by Crippen LogP contribution is 2.19. The summed E-state index contributed by atoms with van der Waals surface area (Å²) >= 11 is 0. The Bertz CT molecular complexity index is 718. The maximum Gasteiger partial charge on any atom is 0.253 e. The van der Waals surface area contributed by atoms with E-state index in [-0.39, 0.29) is 11.9 Å². The van der Waals surface area contributed by atoms with Crippen molar-refractivity contribution < 1.29 is 4.79 Å². The van der Waals surface area contributed by atoms with Crippen molar-refractivity contribution in [3.63, 3.8) is 0 Å². The number of para-hydroxylation sites is 1. The molecule has 3 N–H and O–H groups in total. The lowest BCUT2D eigenvalue weighted by atomic mass is 10.0. The third kappa shape index (κ3) is 3.64. The van der Waals surface area contributed by atoms with Gasteiger partial charge in [0.1, 0.15) is 11.6 Å². The molecular formula is C18H23N5O. The van der Waals surface area contributed by atoms with Gasteiger partial charge in [0.2, 0.25) is 0 Å². The average Bonchev–Trinajstić information content (AvgIpc) is 2.55. The number of rotatable bonds is 3. The molecule has 2 aromatic rings. The van der Waals surface area contributed by atoms with Crippen LogP contribution in [0.3, 0.4) is 0 Å². The lowest BCUT2D eigenvalue weighted by Gasteiger charge is -2.33. The van der Waals surface area contributed by atoms with E-state index >= 15 is 0 Å². The van der Waals surface area contributed by atoms with Gasteiger partial charge in [-0.05, 0) is 38.8 Å². The van der Waals surface area contributed by atoms with E-state index in [4.69, 9.17) is 5.73 Å². The van der Waals surface area contributed by atoms with Crippen molar-refractivity contribution in [3.8, 4) is 0 Å². The standard InChI is InChI=1S/C18H23N5O/c1-12-11-17(21-13(2)20-12)23-9-7-14(8-10-23)22-18(24)15-5-3-4-6-16(15)19/h3-6,11,14H,7-10,19H2,1-2H3,(H,22,24). The highest BCUT2D eigenvalue weighted by atomic mass is 16.1. The van der Waals surface area contributed by atoms with Crippen molar-refractivity contribution in [1.29, 1.82) is 0 Å². The zero-order chi connectivity index (χ0) is 17.1. The molecule has 6 heteroatoms. The van der Waals surface area contributed by atoms with Gasteiger partial charge in [-0.25, -0.2) is 9.97 Å². The maximum atomic E-state index is 12.3. The topological polar surface area (TPSA) is 84.1 Å². The number of aromatic nitrogens is 2. The van der Waals surface area contributed by atoms with Crippen LogP contribution >= 0.6 is 0 Å². The molecule has 1 aromatic heterocycles. The number of nitrogens with zero attached hydrogens (tertiary/aromatic N) is 3. The second kappa shape index (κ2) is 6.86. The van der Waals surface area contributed by atoms with E-state index in [9.17, 15) is 4.79 Å². The molecule has 0 spiro atoms. The van der Waals surface area contributed by atoms with Crippen molar-refractivity contribution >= 4 is 17.4 Å². The Morgan fingerprint density at radius 3 is 2.58 bits per heavy atom. The van der Waals surface area contributed by atoms with E-state index in [2.05, 4.69) is 20.2 Å². The van der Waals surface area contributed by atoms with Crippen molar-refractivity contribution in [2.24, 2.45) is 0 Å². The number of nitrogens with one attached hydrogen (secondary N) is 1. The van der Waals surface area contributed by atoms with Crippen LogP contribution < -0.4 is 16.0 Å². The predicted octanol–water partition coefficient (Wildman–Crippen LogP) is 2.07. The van der Waals surface area contributed by atoms with Gasteiger partial charge in [0.15, 0.2) is 0 Å². The van der Waals surface area contributed by atoms with Crippen LogP contribution in [0, 0.1) is 13.8 Å². The molecule has 1 amide bonds. The number of carbonyl (C=O) groups is 1. The molecule has 1 saturated heterocycles. The van der Waals surface area contributed by atoms with Gasteiger partial charge < -0.3 is 16.0 Å². The number of benzene rings is 1. The Morgan fingerprint density at radius 2 is 1.92 bits per heavy atom. The molecule has 1 aliphatic rings. The minimum atomic E-state index is -0.0970. The van der Waals surface area contributed by atoms with Gasteiger partial charge in [-0.1, -0.05) is 12.1 Å². The summed E-state index contributed by atoms with van der Waals surface area (Å²) in [6.45, 7) is 5.62. The van der Waals surface area contributed by atoms with Crippen LogP contribution in [-0.4, -0.2) is 35.0 Å². The summed E-state index contributed by atoms with van der Waals surface area (Å²) in [6.07, 6.45) is 1.78. The van der Waals surface area contributed by atoms with E-state index < -0.39 is 0 Å². The minimum Gasteiger partial charge on any atom is -0.398 e. The molecule has 0 radical (unpaired) electrons. The number of anilines is 2. The fraction of sp³-hybridized carbons (Fsp3) is 0.389. The molecule has 1 fully saturated rings. The molecule has 0 unspecified atom stereocenters. The summed E-state index contributed by atoms with van der Waals surface area (Å²) in [4.78, 5) is 23.4. The van der Waals surface area contributed by atoms with Gasteiger partial charge >= 0.3 is 0 Å². The number of carbonyl (C=O) groups excluding carboxylic acids is 1. The smallest absolute Gasteiger partial charge is 0.253 e. The normalized spacial score (nSPS) is 15.3. The second-order valence-corrected chi connectivity index (χ2v) is 6.24. The Labute approximate surface area is 142 Å². The van der Waals surface area contributed by atoms with Gasteiger partial charge in [-0.3, -0.25) is 4.79 Å². The van der Waals surface area contributed by atoms with E-state index in [0.717, 1.165) is 43.3 Å². The van der Waals surface area contributed by atoms with Crippen LogP contribution in [-0.2, 0) is 0 Å². The first kappa shape index (κ1) is 16.2. The number of hydrogen-bond donors (Lipinski definition) is 2. The van der Waals surface area contributed by atoms with Crippen LogP contribution in [0.2, 0.25) is 0 Å². The van der Waals surface area contributed by atoms with Crippen LogP contribution in [0.5, 0.6) is 0 Å². The summed E-state index contributed by atoms with van der Waals surface area (Å²) in [5, 5.41) is 3.09. The van der Waals surface area contributed by atoms with E-state index in [0.29, 0.717) is 11.3 Å². The van der Waals surface area contributed by atoms with Gasteiger partial charge in [0.25, 0.3) is 5.91 Å². The Morgan fingerprint density at radius 1 is 1.21 bits per heavy atom. The SMILES string of the molecule is Cc1cc(N2CCC(NC(=O)c3ccccc3N)CC2)nc(C)n1. The van der Waals surface area contributed by atoms with Crippen molar-refractivity contribution in [2.45, 2.75) is 32.7 Å². The highest BCUT2D eigenvalue weighted by molar-refractivity contribution is 5.99. The van der Waals surface area contributed by atoms with Gasteiger partial charge in [-0.15, -0.1) is 0 Å². The highest BCUT2D eigenvalue weighted by Gasteiger charge is 2.22. The fourth-order valence-corrected chi connectivity index (χ4v) is 3.08. The third-order valence-electron chi connectivity index (χ3n) is 4.31. The largest absolute Gasteiger partial charge is 0.398 e. The van der Waals surface area contributed by atoms with E-state index in [1.165, 1.54) is 0 Å². The number of hydrogen-bond acceptors (Lipinski definition) is 5. The number of nitrogens with two attached hydrogens (primary N) is 1. The minimum absolute atomic E-state index is 0.0970. The van der Waals surface area contributed by atoms with Crippen molar-refractivity contribution in [3.05, 3.63) is 47.4 Å². The quantitative estimate of drug-likeness (QED) is 0.844. The molecule has 1 aromatic carbocycles. The number of piperidine rings is 1.